The average molecular weight is 240 g/mol. The third-order valence-corrected chi connectivity index (χ3v) is 3.01. The number of ketones is 1. The molecule has 0 aliphatic heterocycles. The Balaban J connectivity index is 2.31. The zero-order chi connectivity index (χ0) is 13.0. The van der Waals surface area contributed by atoms with Crippen molar-refractivity contribution in [3.63, 3.8) is 0 Å². The summed E-state index contributed by atoms with van der Waals surface area (Å²) in [5, 5.41) is 0. The Morgan fingerprint density at radius 2 is 2.22 bits per heavy atom. The van der Waals surface area contributed by atoms with E-state index in [-0.39, 0.29) is 5.78 Å². The molecule has 1 aliphatic rings. The molecule has 0 spiro atoms. The van der Waals surface area contributed by atoms with E-state index in [1.807, 2.05) is 37.3 Å². The lowest BCUT2D eigenvalue weighted by atomic mass is 10.00. The number of hydrogen-bond acceptors (Lipinski definition) is 2. The van der Waals surface area contributed by atoms with Crippen molar-refractivity contribution in [3.8, 4) is 5.75 Å². The second-order valence-corrected chi connectivity index (χ2v) is 4.30. The second kappa shape index (κ2) is 5.52. The molecule has 0 N–H and O–H groups in total. The van der Waals surface area contributed by atoms with Crippen LogP contribution in [0.15, 0.2) is 41.7 Å². The molecular formula is C16H16O2. The van der Waals surface area contributed by atoms with Crippen LogP contribution in [0, 0.1) is 6.92 Å². The van der Waals surface area contributed by atoms with E-state index < -0.39 is 0 Å². The van der Waals surface area contributed by atoms with Gasteiger partial charge in [-0.05, 0) is 55.2 Å². The van der Waals surface area contributed by atoms with Crippen LogP contribution in [0.2, 0.25) is 0 Å². The van der Waals surface area contributed by atoms with Gasteiger partial charge in [0.2, 0.25) is 0 Å². The summed E-state index contributed by atoms with van der Waals surface area (Å²) >= 11 is 0. The fourth-order valence-corrected chi connectivity index (χ4v) is 1.89. The number of ether oxygens (including phenoxy) is 1. The largest absolute Gasteiger partial charge is 0.497 e. The van der Waals surface area contributed by atoms with E-state index in [9.17, 15) is 4.79 Å². The highest BCUT2D eigenvalue weighted by molar-refractivity contribution is 6.04. The number of aryl methyl sites for hydroxylation is 1. The average Bonchev–Trinajstić information content (AvgIpc) is 2.39. The molecule has 1 aliphatic carbocycles. The molecular weight excluding hydrogens is 224 g/mol. The maximum atomic E-state index is 11.6. The van der Waals surface area contributed by atoms with Gasteiger partial charge < -0.3 is 4.74 Å². The van der Waals surface area contributed by atoms with Crippen LogP contribution < -0.4 is 4.74 Å². The third-order valence-electron chi connectivity index (χ3n) is 3.01. The summed E-state index contributed by atoms with van der Waals surface area (Å²) < 4.78 is 5.16. The molecule has 0 saturated carbocycles. The zero-order valence-corrected chi connectivity index (χ0v) is 10.7. The van der Waals surface area contributed by atoms with Crippen LogP contribution in [0.4, 0.5) is 0 Å². The molecule has 0 saturated heterocycles. The van der Waals surface area contributed by atoms with Gasteiger partial charge in [-0.1, -0.05) is 12.1 Å². The summed E-state index contributed by atoms with van der Waals surface area (Å²) in [4.78, 5) is 11.6. The van der Waals surface area contributed by atoms with Crippen LogP contribution in [0.1, 0.15) is 24.0 Å². The lowest BCUT2D eigenvalue weighted by Crippen LogP contribution is -2.01. The quantitative estimate of drug-likeness (QED) is 0.584. The van der Waals surface area contributed by atoms with Crippen molar-refractivity contribution in [3.05, 3.63) is 52.8 Å². The van der Waals surface area contributed by atoms with E-state index in [0.717, 1.165) is 35.3 Å². The summed E-state index contributed by atoms with van der Waals surface area (Å²) in [6.45, 7) is 2.02. The molecule has 2 rings (SSSR count). The molecule has 0 heterocycles. The highest BCUT2D eigenvalue weighted by Crippen LogP contribution is 2.19. The van der Waals surface area contributed by atoms with Crippen LogP contribution >= 0.6 is 0 Å². The first-order valence-electron chi connectivity index (χ1n) is 6.02. The number of methoxy groups -OCH3 is 1. The first-order chi connectivity index (χ1) is 8.70. The Morgan fingerprint density at radius 3 is 2.89 bits per heavy atom. The minimum absolute atomic E-state index is 0.0728. The summed E-state index contributed by atoms with van der Waals surface area (Å²) in [5.74, 6) is 0.914. The second-order valence-electron chi connectivity index (χ2n) is 4.30. The fourth-order valence-electron chi connectivity index (χ4n) is 1.89. The number of benzene rings is 1. The van der Waals surface area contributed by atoms with Crippen molar-refractivity contribution < 1.29 is 9.53 Å². The molecule has 92 valence electrons. The molecule has 18 heavy (non-hydrogen) atoms. The van der Waals surface area contributed by atoms with Gasteiger partial charge in [0.25, 0.3) is 0 Å². The van der Waals surface area contributed by atoms with E-state index in [1.165, 1.54) is 0 Å². The molecule has 1 aromatic rings. The molecule has 2 nitrogen and oxygen atoms in total. The first-order valence-corrected chi connectivity index (χ1v) is 6.02. The fraction of sp³-hybridized carbons (Fsp3) is 0.250. The Morgan fingerprint density at radius 1 is 1.39 bits per heavy atom. The van der Waals surface area contributed by atoms with Gasteiger partial charge >= 0.3 is 0 Å². The number of rotatable bonds is 2. The van der Waals surface area contributed by atoms with E-state index in [4.69, 9.17) is 4.74 Å². The van der Waals surface area contributed by atoms with E-state index in [2.05, 4.69) is 5.73 Å². The smallest absolute Gasteiger partial charge is 0.189 e. The highest BCUT2D eigenvalue weighted by atomic mass is 16.5. The van der Waals surface area contributed by atoms with Gasteiger partial charge in [0.05, 0.1) is 7.11 Å². The predicted molar refractivity (Wildman–Crippen MR) is 72.6 cm³/mol. The Kier molecular flexibility index (Phi) is 3.81. The minimum atomic E-state index is 0.0728. The molecule has 2 heteroatoms. The number of carbonyl (C=O) groups is 1. The lowest BCUT2D eigenvalue weighted by Gasteiger charge is -2.05. The monoisotopic (exact) mass is 240 g/mol. The van der Waals surface area contributed by atoms with Gasteiger partial charge in [-0.25, -0.2) is 0 Å². The van der Waals surface area contributed by atoms with Crippen molar-refractivity contribution in [2.75, 3.05) is 7.11 Å². The van der Waals surface area contributed by atoms with Gasteiger partial charge in [-0.15, -0.1) is 5.73 Å². The third kappa shape index (κ3) is 2.79. The summed E-state index contributed by atoms with van der Waals surface area (Å²) in [6, 6.07) is 5.86. The predicted octanol–water partition coefficient (Wildman–Crippen LogP) is 3.46. The number of allylic oxidation sites excluding steroid dienone is 3. The maximum Gasteiger partial charge on any atom is 0.189 e. The van der Waals surface area contributed by atoms with Gasteiger partial charge in [0, 0.05) is 5.57 Å². The van der Waals surface area contributed by atoms with Crippen LogP contribution in [0.3, 0.4) is 0 Å². The molecule has 0 bridgehead atoms. The Bertz CT molecular complexity index is 558. The number of carbonyl (C=O) groups excluding carboxylic acids is 1. The van der Waals surface area contributed by atoms with Crippen molar-refractivity contribution in [1.82, 2.24) is 0 Å². The molecule has 1 aromatic carbocycles. The van der Waals surface area contributed by atoms with Crippen LogP contribution in [0.5, 0.6) is 5.75 Å². The molecule has 0 aromatic heterocycles. The van der Waals surface area contributed by atoms with Crippen molar-refractivity contribution in [2.45, 2.75) is 19.8 Å². The summed E-state index contributed by atoms with van der Waals surface area (Å²) in [5.41, 5.74) is 6.05. The first kappa shape index (κ1) is 12.4. The highest BCUT2D eigenvalue weighted by Gasteiger charge is 2.08. The van der Waals surface area contributed by atoms with Crippen LogP contribution in [-0.4, -0.2) is 12.9 Å². The lowest BCUT2D eigenvalue weighted by molar-refractivity contribution is -0.111. The van der Waals surface area contributed by atoms with Crippen molar-refractivity contribution in [1.29, 1.82) is 0 Å². The molecule has 0 fully saturated rings. The summed E-state index contributed by atoms with van der Waals surface area (Å²) in [6.07, 6.45) is 7.11. The van der Waals surface area contributed by atoms with Crippen molar-refractivity contribution >= 4 is 11.9 Å². The van der Waals surface area contributed by atoms with Gasteiger partial charge in [0.1, 0.15) is 5.75 Å². The van der Waals surface area contributed by atoms with E-state index in [0.29, 0.717) is 0 Å². The van der Waals surface area contributed by atoms with Gasteiger partial charge in [-0.3, -0.25) is 4.79 Å². The van der Waals surface area contributed by atoms with Crippen LogP contribution in [0.25, 0.3) is 6.08 Å². The van der Waals surface area contributed by atoms with E-state index in [1.54, 1.807) is 13.2 Å². The Labute approximate surface area is 107 Å². The summed E-state index contributed by atoms with van der Waals surface area (Å²) in [7, 11) is 1.65. The normalized spacial score (nSPS) is 14.3. The zero-order valence-electron chi connectivity index (χ0n) is 10.7. The van der Waals surface area contributed by atoms with Crippen molar-refractivity contribution in [2.24, 2.45) is 0 Å². The standard InChI is InChI=1S/C16H16O2/c1-12-11-15(18-2)10-9-13(12)7-8-14-5-3-4-6-16(14)17/h4,6-7,9-11H,3,5H2,1-2H3. The minimum Gasteiger partial charge on any atom is -0.497 e. The molecule has 0 unspecified atom stereocenters. The van der Waals surface area contributed by atoms with Gasteiger partial charge in [-0.2, -0.15) is 0 Å². The van der Waals surface area contributed by atoms with E-state index >= 15 is 0 Å². The molecule has 0 amide bonds. The van der Waals surface area contributed by atoms with Gasteiger partial charge in [0.15, 0.2) is 5.78 Å². The van der Waals surface area contributed by atoms with Crippen LogP contribution in [-0.2, 0) is 4.79 Å². The Hall–Kier alpha value is -2.05. The molecule has 0 atom stereocenters. The topological polar surface area (TPSA) is 26.3 Å². The SMILES string of the molecule is COc1ccc(C=C=C2CCC=CC2=O)c(C)c1. The number of hydrogen-bond donors (Lipinski definition) is 0. The maximum absolute atomic E-state index is 11.6. The molecule has 0 radical (unpaired) electrons.